The van der Waals surface area contributed by atoms with E-state index in [1.807, 2.05) is 12.1 Å². The maximum Gasteiger partial charge on any atom is 0.317 e. The molecular weight excluding hydrogens is 290 g/mol. The van der Waals surface area contributed by atoms with Gasteiger partial charge in [-0.2, -0.15) is 0 Å². The molecule has 0 aromatic carbocycles. The summed E-state index contributed by atoms with van der Waals surface area (Å²) < 4.78 is 5.62. The highest BCUT2D eigenvalue weighted by Crippen LogP contribution is 2.33. The molecule has 0 bridgehead atoms. The highest BCUT2D eigenvalue weighted by molar-refractivity contribution is 7.14. The van der Waals surface area contributed by atoms with Gasteiger partial charge in [0.05, 0.1) is 11.0 Å². The van der Waals surface area contributed by atoms with E-state index in [-0.39, 0.29) is 18.0 Å². The van der Waals surface area contributed by atoms with Gasteiger partial charge >= 0.3 is 6.03 Å². The smallest absolute Gasteiger partial charge is 0.317 e. The van der Waals surface area contributed by atoms with Crippen LogP contribution in [-0.4, -0.2) is 49.6 Å². The number of carbonyl (C=O) groups is 2. The highest BCUT2D eigenvalue weighted by Gasteiger charge is 2.21. The molecule has 7 heteroatoms. The summed E-state index contributed by atoms with van der Waals surface area (Å²) in [6, 6.07) is 3.77. The predicted octanol–water partition coefficient (Wildman–Crippen LogP) is 1.35. The first-order chi connectivity index (χ1) is 10.2. The summed E-state index contributed by atoms with van der Waals surface area (Å²) in [5, 5.41) is 5.60. The maximum absolute atomic E-state index is 12.1. The van der Waals surface area contributed by atoms with E-state index in [9.17, 15) is 9.59 Å². The topological polar surface area (TPSA) is 70.7 Å². The number of thiophene rings is 1. The first-order valence-electron chi connectivity index (χ1n) is 7.26. The van der Waals surface area contributed by atoms with E-state index in [1.54, 1.807) is 4.90 Å². The normalized spacial score (nSPS) is 21.6. The van der Waals surface area contributed by atoms with Crippen LogP contribution in [0.1, 0.15) is 33.5 Å². The van der Waals surface area contributed by atoms with Crippen LogP contribution in [0.2, 0.25) is 0 Å². The zero-order chi connectivity index (χ0) is 14.7. The van der Waals surface area contributed by atoms with Crippen LogP contribution in [0, 0.1) is 0 Å². The Kier molecular flexibility index (Phi) is 4.40. The Labute approximate surface area is 127 Å². The summed E-state index contributed by atoms with van der Waals surface area (Å²) in [5.41, 5.74) is 0. The first-order valence-corrected chi connectivity index (χ1v) is 8.08. The Morgan fingerprint density at radius 3 is 3.14 bits per heavy atom. The van der Waals surface area contributed by atoms with Gasteiger partial charge in [-0.25, -0.2) is 4.79 Å². The Morgan fingerprint density at radius 1 is 1.52 bits per heavy atom. The average molecular weight is 309 g/mol. The number of nitrogens with one attached hydrogen (secondary N) is 2. The fraction of sp³-hybridized carbons (Fsp3) is 0.571. The molecule has 1 aromatic rings. The van der Waals surface area contributed by atoms with Gasteiger partial charge in [-0.1, -0.05) is 0 Å². The van der Waals surface area contributed by atoms with Crippen LogP contribution in [-0.2, 0) is 4.74 Å². The largest absolute Gasteiger partial charge is 0.373 e. The molecule has 21 heavy (non-hydrogen) atoms. The number of amides is 3. The molecule has 1 atom stereocenters. The van der Waals surface area contributed by atoms with Gasteiger partial charge in [-0.3, -0.25) is 4.79 Å². The molecule has 3 heterocycles. The maximum atomic E-state index is 12.1. The minimum absolute atomic E-state index is 0.0546. The molecule has 2 aliphatic rings. The van der Waals surface area contributed by atoms with Crippen LogP contribution in [0.25, 0.3) is 0 Å². The molecule has 3 rings (SSSR count). The van der Waals surface area contributed by atoms with Crippen molar-refractivity contribution < 1.29 is 14.3 Å². The van der Waals surface area contributed by atoms with Crippen molar-refractivity contribution in [1.82, 2.24) is 15.5 Å². The monoisotopic (exact) mass is 309 g/mol. The van der Waals surface area contributed by atoms with E-state index in [4.69, 9.17) is 4.74 Å². The second-order valence-electron chi connectivity index (χ2n) is 5.18. The zero-order valence-electron chi connectivity index (χ0n) is 11.8. The van der Waals surface area contributed by atoms with Gasteiger partial charge in [0.2, 0.25) is 0 Å². The molecule has 0 spiro atoms. The lowest BCUT2D eigenvalue weighted by atomic mass is 10.2. The second kappa shape index (κ2) is 6.44. The number of urea groups is 1. The van der Waals surface area contributed by atoms with Gasteiger partial charge in [0.15, 0.2) is 0 Å². The lowest BCUT2D eigenvalue weighted by Gasteiger charge is -2.13. The molecular formula is C14H19N3O3S. The van der Waals surface area contributed by atoms with Crippen molar-refractivity contribution in [2.75, 3.05) is 32.8 Å². The van der Waals surface area contributed by atoms with E-state index < -0.39 is 0 Å². The standard InChI is InChI=1S/C14H19N3O3S/c18-13(15-5-7-17-8-6-16-14(17)19)12-4-3-11(21-12)10-2-1-9-20-10/h3-4,10H,1-2,5-9H2,(H,15,18)(H,16,19)/t10-/m0/s1. The van der Waals surface area contributed by atoms with Crippen molar-refractivity contribution in [2.45, 2.75) is 18.9 Å². The van der Waals surface area contributed by atoms with Crippen molar-refractivity contribution in [2.24, 2.45) is 0 Å². The molecule has 2 N–H and O–H groups in total. The van der Waals surface area contributed by atoms with Gasteiger partial charge in [-0.05, 0) is 25.0 Å². The number of rotatable bonds is 5. The summed E-state index contributed by atoms with van der Waals surface area (Å²) in [7, 11) is 0. The fourth-order valence-electron chi connectivity index (χ4n) is 2.57. The van der Waals surface area contributed by atoms with Gasteiger partial charge in [0, 0.05) is 37.7 Å². The second-order valence-corrected chi connectivity index (χ2v) is 6.29. The zero-order valence-corrected chi connectivity index (χ0v) is 12.6. The molecule has 0 radical (unpaired) electrons. The summed E-state index contributed by atoms with van der Waals surface area (Å²) in [5.74, 6) is -0.0798. The molecule has 2 saturated heterocycles. The Balaban J connectivity index is 1.47. The van der Waals surface area contributed by atoms with E-state index in [1.165, 1.54) is 11.3 Å². The van der Waals surface area contributed by atoms with Crippen LogP contribution in [0.3, 0.4) is 0 Å². The number of hydrogen-bond donors (Lipinski definition) is 2. The Bertz CT molecular complexity index is 525. The van der Waals surface area contributed by atoms with Gasteiger partial charge in [0.1, 0.15) is 0 Å². The molecule has 2 fully saturated rings. The Hall–Kier alpha value is -1.60. The third-order valence-electron chi connectivity index (χ3n) is 3.71. The van der Waals surface area contributed by atoms with E-state index >= 15 is 0 Å². The molecule has 0 saturated carbocycles. The van der Waals surface area contributed by atoms with Crippen molar-refractivity contribution in [3.63, 3.8) is 0 Å². The summed E-state index contributed by atoms with van der Waals surface area (Å²) in [4.78, 5) is 27.0. The van der Waals surface area contributed by atoms with Crippen LogP contribution < -0.4 is 10.6 Å². The molecule has 1 aromatic heterocycles. The molecule has 6 nitrogen and oxygen atoms in total. The summed E-state index contributed by atoms with van der Waals surface area (Å²) in [6.07, 6.45) is 2.28. The number of ether oxygens (including phenoxy) is 1. The predicted molar refractivity (Wildman–Crippen MR) is 79.6 cm³/mol. The van der Waals surface area contributed by atoms with Gasteiger partial charge in [0.25, 0.3) is 5.91 Å². The minimum Gasteiger partial charge on any atom is -0.373 e. The Morgan fingerprint density at radius 2 is 2.43 bits per heavy atom. The highest BCUT2D eigenvalue weighted by atomic mass is 32.1. The quantitative estimate of drug-likeness (QED) is 0.862. The van der Waals surface area contributed by atoms with E-state index in [0.29, 0.717) is 31.1 Å². The number of nitrogens with zero attached hydrogens (tertiary/aromatic N) is 1. The number of hydrogen-bond acceptors (Lipinski definition) is 4. The lowest BCUT2D eigenvalue weighted by Crippen LogP contribution is -2.36. The lowest BCUT2D eigenvalue weighted by molar-refractivity contribution is 0.0954. The van der Waals surface area contributed by atoms with Gasteiger partial charge in [-0.15, -0.1) is 11.3 Å². The average Bonchev–Trinajstić information content (AvgIpc) is 3.19. The van der Waals surface area contributed by atoms with Gasteiger partial charge < -0.3 is 20.3 Å². The van der Waals surface area contributed by atoms with Crippen LogP contribution in [0.15, 0.2) is 12.1 Å². The molecule has 2 aliphatic heterocycles. The fourth-order valence-corrected chi connectivity index (χ4v) is 3.57. The third-order valence-corrected chi connectivity index (χ3v) is 4.89. The molecule has 0 unspecified atom stereocenters. The van der Waals surface area contributed by atoms with Crippen LogP contribution >= 0.6 is 11.3 Å². The van der Waals surface area contributed by atoms with Crippen LogP contribution in [0.4, 0.5) is 4.79 Å². The minimum atomic E-state index is -0.0798. The van der Waals surface area contributed by atoms with Crippen molar-refractivity contribution in [3.8, 4) is 0 Å². The third kappa shape index (κ3) is 3.36. The van der Waals surface area contributed by atoms with Crippen molar-refractivity contribution >= 4 is 23.3 Å². The van der Waals surface area contributed by atoms with E-state index in [0.717, 1.165) is 24.3 Å². The van der Waals surface area contributed by atoms with Crippen molar-refractivity contribution in [3.05, 3.63) is 21.9 Å². The molecule has 0 aliphatic carbocycles. The first kappa shape index (κ1) is 14.3. The van der Waals surface area contributed by atoms with E-state index in [2.05, 4.69) is 10.6 Å². The summed E-state index contributed by atoms with van der Waals surface area (Å²) in [6.45, 7) is 3.21. The summed E-state index contributed by atoms with van der Waals surface area (Å²) >= 11 is 1.49. The SMILES string of the molecule is O=C(NCCN1CCNC1=O)c1ccc([C@@H]2CCCO2)s1. The van der Waals surface area contributed by atoms with Crippen molar-refractivity contribution in [1.29, 1.82) is 0 Å². The molecule has 114 valence electrons. The molecule has 3 amide bonds. The van der Waals surface area contributed by atoms with Crippen LogP contribution in [0.5, 0.6) is 0 Å². The number of carbonyl (C=O) groups excluding carboxylic acids is 2.